The van der Waals surface area contributed by atoms with Crippen LogP contribution in [0.1, 0.15) is 17.0 Å². The molecule has 3 rings (SSSR count). The van der Waals surface area contributed by atoms with Crippen LogP contribution in [0.2, 0.25) is 0 Å². The largest absolute Gasteiger partial charge is 0.495 e. The van der Waals surface area contributed by atoms with Crippen molar-refractivity contribution in [1.29, 1.82) is 0 Å². The van der Waals surface area contributed by atoms with Gasteiger partial charge in [0.05, 0.1) is 25.3 Å². The van der Waals surface area contributed by atoms with E-state index in [0.717, 1.165) is 0 Å². The van der Waals surface area contributed by atoms with Gasteiger partial charge in [-0.1, -0.05) is 24.3 Å². The van der Waals surface area contributed by atoms with Crippen molar-refractivity contribution in [2.24, 2.45) is 5.10 Å². The Labute approximate surface area is 171 Å². The minimum atomic E-state index is -0.681. The fourth-order valence-corrected chi connectivity index (χ4v) is 2.66. The van der Waals surface area contributed by atoms with E-state index in [-0.39, 0.29) is 11.1 Å². The lowest BCUT2D eigenvalue weighted by atomic mass is 10.2. The van der Waals surface area contributed by atoms with Crippen LogP contribution in [0.3, 0.4) is 0 Å². The van der Waals surface area contributed by atoms with Crippen molar-refractivity contribution in [3.63, 3.8) is 0 Å². The van der Waals surface area contributed by atoms with E-state index >= 15 is 0 Å². The van der Waals surface area contributed by atoms with Gasteiger partial charge in [0.25, 0.3) is 0 Å². The summed E-state index contributed by atoms with van der Waals surface area (Å²) in [6.07, 6.45) is -0.458. The second kappa shape index (κ2) is 9.37. The van der Waals surface area contributed by atoms with Gasteiger partial charge in [-0.15, -0.1) is 0 Å². The molecule has 2 amide bonds. The highest BCUT2D eigenvalue weighted by Gasteiger charge is 2.13. The number of methoxy groups -OCH3 is 2. The first kappa shape index (κ1) is 20.6. The van der Waals surface area contributed by atoms with Crippen LogP contribution in [0.15, 0.2) is 64.1 Å². The topological polar surface area (TPSA) is 119 Å². The highest BCUT2D eigenvalue weighted by molar-refractivity contribution is 6.04. The number of carbonyl (C=O) groups is 3. The van der Waals surface area contributed by atoms with Crippen LogP contribution < -0.4 is 20.8 Å². The van der Waals surface area contributed by atoms with Crippen molar-refractivity contribution in [2.45, 2.75) is 6.42 Å². The first-order chi connectivity index (χ1) is 14.5. The minimum Gasteiger partial charge on any atom is -0.495 e. The van der Waals surface area contributed by atoms with Crippen molar-refractivity contribution < 1.29 is 28.3 Å². The third-order valence-electron chi connectivity index (χ3n) is 4.04. The number of rotatable bonds is 6. The molecule has 0 aliphatic rings. The predicted molar refractivity (Wildman–Crippen MR) is 107 cm³/mol. The van der Waals surface area contributed by atoms with Crippen LogP contribution in [0, 0.1) is 0 Å². The molecule has 1 heterocycles. The molecular formula is C21H19N3O6. The van der Waals surface area contributed by atoms with Gasteiger partial charge in [0.2, 0.25) is 17.6 Å². The molecule has 0 atom stereocenters. The third-order valence-corrected chi connectivity index (χ3v) is 4.04. The van der Waals surface area contributed by atoms with Gasteiger partial charge >= 0.3 is 5.97 Å². The quantitative estimate of drug-likeness (QED) is 0.366. The number of nitrogens with one attached hydrogen (secondary N) is 2. The van der Waals surface area contributed by atoms with Crippen molar-refractivity contribution in [3.8, 4) is 5.75 Å². The van der Waals surface area contributed by atoms with E-state index in [1.807, 2.05) is 0 Å². The van der Waals surface area contributed by atoms with Crippen molar-refractivity contribution in [1.82, 2.24) is 5.43 Å². The molecule has 30 heavy (non-hydrogen) atoms. The lowest BCUT2D eigenvalue weighted by molar-refractivity contribution is -0.126. The first-order valence-electron chi connectivity index (χ1n) is 8.88. The SMILES string of the molecule is COC(=O)c1cc(=NNC(=O)CC(=O)Nc2ccccc2OC)c2ccccc2o1. The van der Waals surface area contributed by atoms with Crippen LogP contribution in [0.25, 0.3) is 11.0 Å². The molecular weight excluding hydrogens is 390 g/mol. The minimum absolute atomic E-state index is 0.0712. The van der Waals surface area contributed by atoms with Gasteiger partial charge in [-0.05, 0) is 24.3 Å². The number of nitrogens with zero attached hydrogens (tertiary/aromatic N) is 1. The van der Waals surface area contributed by atoms with Crippen LogP contribution in [0.4, 0.5) is 5.69 Å². The molecule has 3 aromatic rings. The van der Waals surface area contributed by atoms with Crippen molar-refractivity contribution >= 4 is 34.4 Å². The molecule has 0 radical (unpaired) electrons. The Morgan fingerprint density at radius 3 is 2.50 bits per heavy atom. The first-order valence-corrected chi connectivity index (χ1v) is 8.88. The zero-order chi connectivity index (χ0) is 21.5. The Morgan fingerprint density at radius 1 is 1.00 bits per heavy atom. The number of carbonyl (C=O) groups excluding carboxylic acids is 3. The molecule has 9 heteroatoms. The van der Waals surface area contributed by atoms with Gasteiger partial charge in [-0.3, -0.25) is 9.59 Å². The van der Waals surface area contributed by atoms with Crippen molar-refractivity contribution in [3.05, 3.63) is 65.7 Å². The molecule has 0 saturated carbocycles. The zero-order valence-electron chi connectivity index (χ0n) is 16.3. The molecule has 0 aliphatic heterocycles. The number of fused-ring (bicyclic) bond motifs is 1. The van der Waals surface area contributed by atoms with Crippen LogP contribution >= 0.6 is 0 Å². The zero-order valence-corrected chi connectivity index (χ0v) is 16.3. The van der Waals surface area contributed by atoms with E-state index in [1.54, 1.807) is 48.5 Å². The molecule has 0 unspecified atom stereocenters. The van der Waals surface area contributed by atoms with E-state index in [9.17, 15) is 14.4 Å². The van der Waals surface area contributed by atoms with Gasteiger partial charge in [0, 0.05) is 11.5 Å². The maximum atomic E-state index is 12.2. The second-order valence-electron chi connectivity index (χ2n) is 6.06. The number of hydrogen-bond acceptors (Lipinski definition) is 7. The summed E-state index contributed by atoms with van der Waals surface area (Å²) in [5, 5.41) is 7.50. The standard InChI is InChI=1S/C21H19N3O6/c1-28-17-10-6-4-8-14(17)22-19(25)12-20(26)24-23-15-11-18(21(27)29-2)30-16-9-5-3-7-13(15)16/h3-11H,12H2,1-2H3,(H,22,25)(H,24,26). The summed E-state index contributed by atoms with van der Waals surface area (Å²) >= 11 is 0. The molecule has 154 valence electrons. The molecule has 0 aliphatic carbocycles. The predicted octanol–water partition coefficient (Wildman–Crippen LogP) is 2.19. The summed E-state index contributed by atoms with van der Waals surface area (Å²) in [6, 6.07) is 15.1. The van der Waals surface area contributed by atoms with E-state index < -0.39 is 24.2 Å². The number of amides is 2. The fraction of sp³-hybridized carbons (Fsp3) is 0.143. The average molecular weight is 409 g/mol. The van der Waals surface area contributed by atoms with Gasteiger partial charge in [0.15, 0.2) is 0 Å². The van der Waals surface area contributed by atoms with Gasteiger partial charge in [-0.25, -0.2) is 10.2 Å². The van der Waals surface area contributed by atoms with Gasteiger partial charge in [0.1, 0.15) is 17.8 Å². The van der Waals surface area contributed by atoms with E-state index in [0.29, 0.717) is 22.4 Å². The second-order valence-corrected chi connectivity index (χ2v) is 6.06. The maximum absolute atomic E-state index is 12.2. The van der Waals surface area contributed by atoms with Crippen LogP contribution in [0.5, 0.6) is 5.75 Å². The van der Waals surface area contributed by atoms with Crippen LogP contribution in [-0.2, 0) is 14.3 Å². The van der Waals surface area contributed by atoms with E-state index in [2.05, 4.69) is 20.6 Å². The fourth-order valence-electron chi connectivity index (χ4n) is 2.66. The van der Waals surface area contributed by atoms with E-state index in [4.69, 9.17) is 9.15 Å². The molecule has 1 aromatic heterocycles. The maximum Gasteiger partial charge on any atom is 0.374 e. The van der Waals surface area contributed by atoms with Gasteiger partial charge < -0.3 is 19.2 Å². The molecule has 9 nitrogen and oxygen atoms in total. The summed E-state index contributed by atoms with van der Waals surface area (Å²) in [7, 11) is 2.71. The average Bonchev–Trinajstić information content (AvgIpc) is 2.76. The smallest absolute Gasteiger partial charge is 0.374 e. The Balaban J connectivity index is 1.76. The number of benzene rings is 2. The van der Waals surface area contributed by atoms with Crippen molar-refractivity contribution in [2.75, 3.05) is 19.5 Å². The normalized spacial score (nSPS) is 11.1. The van der Waals surface area contributed by atoms with E-state index in [1.165, 1.54) is 20.3 Å². The number of ether oxygens (including phenoxy) is 2. The Bertz CT molecular complexity index is 1170. The molecule has 0 fully saturated rings. The molecule has 2 N–H and O–H groups in total. The number of anilines is 1. The molecule has 2 aromatic carbocycles. The molecule has 0 saturated heterocycles. The Kier molecular flexibility index (Phi) is 6.43. The van der Waals surface area contributed by atoms with Gasteiger partial charge in [-0.2, -0.15) is 5.10 Å². The number of hydrogen-bond donors (Lipinski definition) is 2. The van der Waals surface area contributed by atoms with Crippen LogP contribution in [-0.4, -0.2) is 32.0 Å². The summed E-state index contributed by atoms with van der Waals surface area (Å²) in [4.78, 5) is 36.1. The Morgan fingerprint density at radius 2 is 1.73 bits per heavy atom. The lowest BCUT2D eigenvalue weighted by Crippen LogP contribution is -2.26. The summed E-state index contributed by atoms with van der Waals surface area (Å²) in [6.45, 7) is 0. The molecule has 0 bridgehead atoms. The highest BCUT2D eigenvalue weighted by Crippen LogP contribution is 2.23. The molecule has 0 spiro atoms. The Hall–Kier alpha value is -4.14. The monoisotopic (exact) mass is 409 g/mol. The summed E-state index contributed by atoms with van der Waals surface area (Å²) in [5.41, 5.74) is 3.16. The third kappa shape index (κ3) is 4.82. The lowest BCUT2D eigenvalue weighted by Gasteiger charge is -2.09. The summed E-state index contributed by atoms with van der Waals surface area (Å²) < 4.78 is 15.3. The summed E-state index contributed by atoms with van der Waals surface area (Å²) in [5.74, 6) is -1.44. The number of esters is 1. The highest BCUT2D eigenvalue weighted by atomic mass is 16.5. The number of para-hydroxylation sites is 3.